The third-order valence-electron chi connectivity index (χ3n) is 11.8. The Balaban J connectivity index is 6.90. The summed E-state index contributed by atoms with van der Waals surface area (Å²) in [5.74, 6) is -15.6. The van der Waals surface area contributed by atoms with Gasteiger partial charge in [-0.15, -0.1) is 0 Å². The molecule has 0 unspecified atom stereocenters. The first-order valence-electron chi connectivity index (χ1n) is 26.2. The monoisotopic (exact) mass is 1110 g/mol. The first-order chi connectivity index (χ1) is 36.4. The maximum atomic E-state index is 14.0. The molecule has 444 valence electrons. The van der Waals surface area contributed by atoms with Gasteiger partial charge in [-0.25, -0.2) is 4.79 Å². The van der Waals surface area contributed by atoms with E-state index in [0.29, 0.717) is 32.2 Å². The molecule has 0 spiro atoms. The van der Waals surface area contributed by atoms with E-state index in [2.05, 4.69) is 42.5 Å². The van der Waals surface area contributed by atoms with Crippen LogP contribution in [-0.2, 0) is 62.3 Å². The van der Waals surface area contributed by atoms with Gasteiger partial charge < -0.3 is 85.9 Å². The number of nitrogens with one attached hydrogen (secondary N) is 8. The van der Waals surface area contributed by atoms with Crippen molar-refractivity contribution in [2.75, 3.05) is 13.1 Å². The quantitative estimate of drug-likeness (QED) is 0.0273. The average Bonchev–Trinajstić information content (AvgIpc) is 3.32. The van der Waals surface area contributed by atoms with Crippen LogP contribution in [0, 0.1) is 17.8 Å². The summed E-state index contributed by atoms with van der Waals surface area (Å²) in [6.07, 6.45) is -3.11. The lowest BCUT2D eigenvalue weighted by Gasteiger charge is -2.28. The summed E-state index contributed by atoms with van der Waals surface area (Å²) >= 11 is 0. The van der Waals surface area contributed by atoms with Gasteiger partial charge >= 0.3 is 23.9 Å². The van der Waals surface area contributed by atoms with E-state index in [1.54, 1.807) is 41.5 Å². The van der Waals surface area contributed by atoms with Crippen molar-refractivity contribution in [3.05, 3.63) is 0 Å². The molecule has 0 rings (SSSR count). The molecule has 0 aromatic heterocycles. The molecule has 29 nitrogen and oxygen atoms in total. The number of hydrogen-bond donors (Lipinski definition) is 16. The number of amides is 9. The van der Waals surface area contributed by atoms with E-state index in [0.717, 1.165) is 0 Å². The number of hydrogen-bond acceptors (Lipinski definition) is 16. The minimum atomic E-state index is -1.94. The standard InChI is InChI=1S/C49H86N12O17/c1-25(2)21-33(58-41(69)28(52)11-7-9-19-50)47(75)59-34(22-26(3)4)46(74)57-30(13-16-38(63)64)43(71)56-31(14-17-39(65)66)44(72)60-35(24-37(53)62)48(76)54-29(12-8-10-20-51)42(70)55-32(15-18-40(67)68)45(73)61-36(49(77)78)23-27(5)6/h25-36H,7-24,50-52H2,1-6H3,(H2,53,62)(H,54,76)(H,55,70)(H,56,71)(H,57,74)(H,58,69)(H,59,75)(H,60,72)(H,61,73)(H,63,64)(H,65,66)(H,67,68)(H,77,78)/t28-,29-,30-,31-,32-,33-,34-,35-,36-/m0/s1. The zero-order valence-electron chi connectivity index (χ0n) is 45.6. The number of carboxylic acid groups (broad SMARTS) is 4. The highest BCUT2D eigenvalue weighted by atomic mass is 16.4. The highest BCUT2D eigenvalue weighted by Crippen LogP contribution is 2.13. The normalized spacial score (nSPS) is 14.7. The highest BCUT2D eigenvalue weighted by molar-refractivity contribution is 5.99. The summed E-state index contributed by atoms with van der Waals surface area (Å²) in [5.41, 5.74) is 22.7. The molecule has 0 radical (unpaired) electrons. The maximum Gasteiger partial charge on any atom is 0.326 e. The summed E-state index contributed by atoms with van der Waals surface area (Å²) in [6, 6.07) is -13.7. The Morgan fingerprint density at radius 1 is 0.359 bits per heavy atom. The molecule has 0 aliphatic rings. The van der Waals surface area contributed by atoms with Crippen LogP contribution >= 0.6 is 0 Å². The van der Waals surface area contributed by atoms with Crippen LogP contribution in [0.4, 0.5) is 0 Å². The fourth-order valence-corrected chi connectivity index (χ4v) is 7.71. The number of carbonyl (C=O) groups is 13. The lowest BCUT2D eigenvalue weighted by molar-refractivity contribution is -0.143. The average molecular weight is 1120 g/mol. The molecule has 0 fully saturated rings. The Labute approximate surface area is 453 Å². The van der Waals surface area contributed by atoms with Crippen LogP contribution in [-0.4, -0.2) is 165 Å². The fraction of sp³-hybridized carbons (Fsp3) is 0.735. The molecule has 0 heterocycles. The molecule has 0 aliphatic carbocycles. The van der Waals surface area contributed by atoms with Crippen molar-refractivity contribution in [1.29, 1.82) is 0 Å². The van der Waals surface area contributed by atoms with Crippen LogP contribution in [0.15, 0.2) is 0 Å². The largest absolute Gasteiger partial charge is 0.481 e. The van der Waals surface area contributed by atoms with Gasteiger partial charge in [-0.05, 0) is 101 Å². The van der Waals surface area contributed by atoms with Gasteiger partial charge in [0, 0.05) is 19.3 Å². The van der Waals surface area contributed by atoms with Gasteiger partial charge in [-0.2, -0.15) is 0 Å². The van der Waals surface area contributed by atoms with Crippen LogP contribution in [0.3, 0.4) is 0 Å². The lowest BCUT2D eigenvalue weighted by Crippen LogP contribution is -2.61. The molecular weight excluding hydrogens is 1030 g/mol. The Morgan fingerprint density at radius 3 is 0.949 bits per heavy atom. The van der Waals surface area contributed by atoms with E-state index in [4.69, 9.17) is 22.9 Å². The third-order valence-corrected chi connectivity index (χ3v) is 11.8. The van der Waals surface area contributed by atoms with E-state index >= 15 is 0 Å². The van der Waals surface area contributed by atoms with Crippen molar-refractivity contribution in [3.63, 3.8) is 0 Å². The van der Waals surface area contributed by atoms with Gasteiger partial charge in [-0.3, -0.25) is 57.5 Å². The highest BCUT2D eigenvalue weighted by Gasteiger charge is 2.36. The van der Waals surface area contributed by atoms with Crippen LogP contribution in [0.1, 0.15) is 144 Å². The van der Waals surface area contributed by atoms with E-state index in [1.807, 2.05) is 0 Å². The van der Waals surface area contributed by atoms with E-state index < -0.39 is 176 Å². The summed E-state index contributed by atoms with van der Waals surface area (Å²) in [6.45, 7) is 10.9. The Bertz CT molecular complexity index is 2040. The van der Waals surface area contributed by atoms with Crippen LogP contribution in [0.25, 0.3) is 0 Å². The molecule has 0 bridgehead atoms. The van der Waals surface area contributed by atoms with Gasteiger partial charge in [0.1, 0.15) is 48.3 Å². The van der Waals surface area contributed by atoms with Crippen molar-refractivity contribution < 1.29 is 82.8 Å². The summed E-state index contributed by atoms with van der Waals surface area (Å²) in [5, 5.41) is 57.3. The van der Waals surface area contributed by atoms with Crippen LogP contribution in [0.2, 0.25) is 0 Å². The zero-order valence-corrected chi connectivity index (χ0v) is 45.6. The second kappa shape index (κ2) is 37.7. The summed E-state index contributed by atoms with van der Waals surface area (Å²) in [4.78, 5) is 169. The van der Waals surface area contributed by atoms with Gasteiger partial charge in [0.15, 0.2) is 0 Å². The van der Waals surface area contributed by atoms with Crippen LogP contribution in [0.5, 0.6) is 0 Å². The predicted molar refractivity (Wildman–Crippen MR) is 280 cm³/mol. The van der Waals surface area contributed by atoms with E-state index in [1.165, 1.54) is 0 Å². The molecule has 9 atom stereocenters. The number of primary amides is 1. The zero-order chi connectivity index (χ0) is 59.8. The number of carboxylic acids is 4. The maximum absolute atomic E-state index is 14.0. The fourth-order valence-electron chi connectivity index (χ4n) is 7.71. The second-order valence-corrected chi connectivity index (χ2v) is 20.4. The van der Waals surface area contributed by atoms with Crippen molar-refractivity contribution in [1.82, 2.24) is 42.5 Å². The van der Waals surface area contributed by atoms with Gasteiger partial charge in [0.2, 0.25) is 53.2 Å². The molecule has 0 aromatic carbocycles. The summed E-state index contributed by atoms with van der Waals surface area (Å²) < 4.78 is 0. The van der Waals surface area contributed by atoms with Gasteiger partial charge in [-0.1, -0.05) is 48.0 Å². The first-order valence-corrected chi connectivity index (χ1v) is 26.2. The molecule has 29 heteroatoms. The molecule has 0 saturated heterocycles. The molecule has 0 aliphatic heterocycles. The van der Waals surface area contributed by atoms with Crippen molar-refractivity contribution in [2.45, 2.75) is 199 Å². The molecule has 9 amide bonds. The number of carbonyl (C=O) groups excluding carboxylic acids is 9. The first kappa shape index (κ1) is 71.0. The molecule has 78 heavy (non-hydrogen) atoms. The second-order valence-electron chi connectivity index (χ2n) is 20.4. The molecular formula is C49H86N12O17. The Hall–Kier alpha value is -7.01. The summed E-state index contributed by atoms with van der Waals surface area (Å²) in [7, 11) is 0. The predicted octanol–water partition coefficient (Wildman–Crippen LogP) is -2.86. The van der Waals surface area contributed by atoms with Gasteiger partial charge in [0.05, 0.1) is 12.5 Å². The van der Waals surface area contributed by atoms with Gasteiger partial charge in [0.25, 0.3) is 0 Å². The lowest BCUT2D eigenvalue weighted by atomic mass is 9.99. The minimum Gasteiger partial charge on any atom is -0.481 e. The van der Waals surface area contributed by atoms with E-state index in [9.17, 15) is 82.8 Å². The smallest absolute Gasteiger partial charge is 0.326 e. The minimum absolute atomic E-state index is 0.0229. The van der Waals surface area contributed by atoms with Crippen molar-refractivity contribution >= 4 is 77.0 Å². The van der Waals surface area contributed by atoms with Crippen molar-refractivity contribution in [2.24, 2.45) is 40.7 Å². The number of aliphatic carboxylic acids is 4. The third kappa shape index (κ3) is 30.7. The number of nitrogens with two attached hydrogens (primary N) is 4. The van der Waals surface area contributed by atoms with Crippen LogP contribution < -0.4 is 65.5 Å². The molecule has 20 N–H and O–H groups in total. The van der Waals surface area contributed by atoms with Crippen molar-refractivity contribution in [3.8, 4) is 0 Å². The van der Waals surface area contributed by atoms with E-state index in [-0.39, 0.29) is 56.4 Å². The topological polar surface area (TPSA) is 503 Å². The Kier molecular flexibility index (Phi) is 34.3. The molecule has 0 saturated carbocycles. The Morgan fingerprint density at radius 2 is 0.628 bits per heavy atom. The number of unbranched alkanes of at least 4 members (excludes halogenated alkanes) is 2. The SMILES string of the molecule is CC(C)C[C@H](NC(=O)[C@H](CCC(=O)O)NC(=O)[C@H](CCCCN)NC(=O)[C@H](CC(N)=O)NC(=O)[C@H](CCC(=O)O)NC(=O)[C@H](CCC(=O)O)NC(=O)[C@H](CC(C)C)NC(=O)[C@H](CC(C)C)NC(=O)[C@@H](N)CCCCN)C(=O)O. The molecule has 0 aromatic rings. The number of rotatable bonds is 42.